The Labute approximate surface area is 104 Å². The van der Waals surface area contributed by atoms with Gasteiger partial charge in [0.2, 0.25) is 11.8 Å². The van der Waals surface area contributed by atoms with Crippen LogP contribution in [0.3, 0.4) is 0 Å². The topological polar surface area (TPSA) is 76.2 Å². The lowest BCUT2D eigenvalue weighted by molar-refractivity contribution is -0.137. The molecule has 0 fully saturated rings. The first-order chi connectivity index (χ1) is 8.58. The molecule has 2 rings (SSSR count). The second-order valence-electron chi connectivity index (χ2n) is 4.16. The normalized spacial score (nSPS) is 10.6. The van der Waals surface area contributed by atoms with Crippen LogP contribution in [0.15, 0.2) is 22.6 Å². The number of aryl methyl sites for hydroxylation is 3. The Hall–Kier alpha value is -2.17. The molecule has 1 N–H and O–H groups in total. The van der Waals surface area contributed by atoms with E-state index < -0.39 is 5.97 Å². The summed E-state index contributed by atoms with van der Waals surface area (Å²) in [6.45, 7) is 3.95. The van der Waals surface area contributed by atoms with E-state index in [-0.39, 0.29) is 12.8 Å². The predicted molar refractivity (Wildman–Crippen MR) is 65.2 cm³/mol. The predicted octanol–water partition coefficient (Wildman–Crippen LogP) is 2.37. The molecule has 18 heavy (non-hydrogen) atoms. The van der Waals surface area contributed by atoms with Crippen molar-refractivity contribution in [3.63, 3.8) is 0 Å². The number of rotatable bonds is 4. The summed E-state index contributed by atoms with van der Waals surface area (Å²) in [4.78, 5) is 10.5. The molecule has 0 amide bonds. The fraction of sp³-hybridized carbons (Fsp3) is 0.308. The summed E-state index contributed by atoms with van der Waals surface area (Å²) in [5.74, 6) is -0.0668. The van der Waals surface area contributed by atoms with Crippen molar-refractivity contribution in [3.05, 3.63) is 35.2 Å². The van der Waals surface area contributed by atoms with E-state index in [1.54, 1.807) is 0 Å². The average Bonchev–Trinajstić information content (AvgIpc) is 2.75. The molecule has 94 valence electrons. The number of benzene rings is 1. The van der Waals surface area contributed by atoms with E-state index in [1.165, 1.54) is 0 Å². The van der Waals surface area contributed by atoms with Crippen LogP contribution in [0.1, 0.15) is 23.4 Å². The van der Waals surface area contributed by atoms with Crippen LogP contribution in [0.4, 0.5) is 0 Å². The monoisotopic (exact) mass is 246 g/mol. The van der Waals surface area contributed by atoms with Gasteiger partial charge in [-0.25, -0.2) is 0 Å². The summed E-state index contributed by atoms with van der Waals surface area (Å²) >= 11 is 0. The first-order valence-corrected chi connectivity index (χ1v) is 5.68. The average molecular weight is 246 g/mol. The van der Waals surface area contributed by atoms with E-state index in [1.807, 2.05) is 32.0 Å². The van der Waals surface area contributed by atoms with Gasteiger partial charge in [0.25, 0.3) is 0 Å². The number of carbonyl (C=O) groups is 1. The number of hydrogen-bond acceptors (Lipinski definition) is 4. The highest BCUT2D eigenvalue weighted by molar-refractivity contribution is 5.67. The molecule has 5 nitrogen and oxygen atoms in total. The van der Waals surface area contributed by atoms with Crippen LogP contribution >= 0.6 is 0 Å². The number of carboxylic acids is 1. The zero-order valence-electron chi connectivity index (χ0n) is 10.3. The summed E-state index contributed by atoms with van der Waals surface area (Å²) in [7, 11) is 0. The zero-order chi connectivity index (χ0) is 13.1. The van der Waals surface area contributed by atoms with Gasteiger partial charge in [-0.15, -0.1) is 10.2 Å². The molecule has 0 spiro atoms. The van der Waals surface area contributed by atoms with Crippen molar-refractivity contribution in [3.8, 4) is 11.5 Å². The van der Waals surface area contributed by atoms with Gasteiger partial charge >= 0.3 is 5.97 Å². The minimum atomic E-state index is -0.873. The fourth-order valence-electron chi connectivity index (χ4n) is 1.82. The Bertz CT molecular complexity index is 555. The third kappa shape index (κ3) is 2.56. The van der Waals surface area contributed by atoms with E-state index in [9.17, 15) is 4.79 Å². The maximum Gasteiger partial charge on any atom is 0.303 e. The van der Waals surface area contributed by atoms with E-state index in [2.05, 4.69) is 10.2 Å². The van der Waals surface area contributed by atoms with Gasteiger partial charge in [0, 0.05) is 12.0 Å². The van der Waals surface area contributed by atoms with E-state index in [4.69, 9.17) is 9.52 Å². The highest BCUT2D eigenvalue weighted by Crippen LogP contribution is 2.25. The Morgan fingerprint density at radius 3 is 2.56 bits per heavy atom. The molecule has 1 heterocycles. The van der Waals surface area contributed by atoms with Crippen molar-refractivity contribution in [1.82, 2.24) is 10.2 Å². The molecule has 1 aromatic heterocycles. The minimum Gasteiger partial charge on any atom is -0.481 e. The largest absolute Gasteiger partial charge is 0.481 e. The molecule has 0 aliphatic heterocycles. The molecular weight excluding hydrogens is 232 g/mol. The molecule has 0 atom stereocenters. The van der Waals surface area contributed by atoms with Gasteiger partial charge in [-0.3, -0.25) is 4.79 Å². The van der Waals surface area contributed by atoms with Crippen LogP contribution < -0.4 is 0 Å². The Morgan fingerprint density at radius 2 is 1.94 bits per heavy atom. The van der Waals surface area contributed by atoms with E-state index in [0.717, 1.165) is 16.7 Å². The number of aliphatic carboxylic acids is 1. The summed E-state index contributed by atoms with van der Waals surface area (Å²) in [5.41, 5.74) is 3.04. The number of nitrogens with zero attached hydrogens (tertiary/aromatic N) is 2. The highest BCUT2D eigenvalue weighted by Gasteiger charge is 2.13. The smallest absolute Gasteiger partial charge is 0.303 e. The lowest BCUT2D eigenvalue weighted by Crippen LogP contribution is -1.97. The van der Waals surface area contributed by atoms with Crippen molar-refractivity contribution in [1.29, 1.82) is 0 Å². The maximum absolute atomic E-state index is 10.5. The standard InChI is InChI=1S/C13H14N2O3/c1-8-4-3-5-9(2)12(8)13-15-14-10(18-13)6-7-11(16)17/h3-5H,6-7H2,1-2H3,(H,16,17). The summed E-state index contributed by atoms with van der Waals surface area (Å²) in [6.07, 6.45) is 0.252. The van der Waals surface area contributed by atoms with Crippen molar-refractivity contribution in [2.24, 2.45) is 0 Å². The van der Waals surface area contributed by atoms with Crippen LogP contribution in [0.25, 0.3) is 11.5 Å². The summed E-state index contributed by atoms with van der Waals surface area (Å²) < 4.78 is 5.50. The third-order valence-corrected chi connectivity index (χ3v) is 2.71. The third-order valence-electron chi connectivity index (χ3n) is 2.71. The second-order valence-corrected chi connectivity index (χ2v) is 4.16. The van der Waals surface area contributed by atoms with Crippen LogP contribution in [0.5, 0.6) is 0 Å². The Balaban J connectivity index is 2.27. The van der Waals surface area contributed by atoms with Crippen LogP contribution in [-0.2, 0) is 11.2 Å². The maximum atomic E-state index is 10.5. The Morgan fingerprint density at radius 1 is 1.28 bits per heavy atom. The first-order valence-electron chi connectivity index (χ1n) is 5.68. The number of carboxylic acid groups (broad SMARTS) is 1. The van der Waals surface area contributed by atoms with Gasteiger partial charge in [-0.1, -0.05) is 18.2 Å². The lowest BCUT2D eigenvalue weighted by atomic mass is 10.0. The van der Waals surface area contributed by atoms with Crippen LogP contribution in [-0.4, -0.2) is 21.3 Å². The highest BCUT2D eigenvalue weighted by atomic mass is 16.4. The van der Waals surface area contributed by atoms with Gasteiger partial charge < -0.3 is 9.52 Å². The first kappa shape index (κ1) is 12.3. The summed E-state index contributed by atoms with van der Waals surface area (Å²) in [5, 5.41) is 16.4. The molecule has 0 radical (unpaired) electrons. The molecule has 0 saturated carbocycles. The molecule has 0 aliphatic rings. The van der Waals surface area contributed by atoms with E-state index >= 15 is 0 Å². The molecule has 0 unspecified atom stereocenters. The molecular formula is C13H14N2O3. The van der Waals surface area contributed by atoms with Gasteiger partial charge in [0.1, 0.15) is 0 Å². The minimum absolute atomic E-state index is 0.00557. The van der Waals surface area contributed by atoms with Gasteiger partial charge in [0.05, 0.1) is 6.42 Å². The molecule has 5 heteroatoms. The zero-order valence-corrected chi connectivity index (χ0v) is 10.3. The summed E-state index contributed by atoms with van der Waals surface area (Å²) in [6, 6.07) is 5.92. The van der Waals surface area contributed by atoms with Gasteiger partial charge in [0.15, 0.2) is 0 Å². The molecule has 0 aliphatic carbocycles. The fourth-order valence-corrected chi connectivity index (χ4v) is 1.82. The van der Waals surface area contributed by atoms with Gasteiger partial charge in [-0.2, -0.15) is 0 Å². The van der Waals surface area contributed by atoms with Crippen molar-refractivity contribution in [2.45, 2.75) is 26.7 Å². The molecule has 0 saturated heterocycles. The molecule has 2 aromatic rings. The van der Waals surface area contributed by atoms with Crippen LogP contribution in [0.2, 0.25) is 0 Å². The second kappa shape index (κ2) is 5.00. The number of hydrogen-bond donors (Lipinski definition) is 1. The molecule has 1 aromatic carbocycles. The van der Waals surface area contributed by atoms with Gasteiger partial charge in [-0.05, 0) is 25.0 Å². The van der Waals surface area contributed by atoms with Crippen molar-refractivity contribution >= 4 is 5.97 Å². The van der Waals surface area contributed by atoms with Crippen LogP contribution in [0, 0.1) is 13.8 Å². The lowest BCUT2D eigenvalue weighted by Gasteiger charge is -2.04. The quantitative estimate of drug-likeness (QED) is 0.896. The SMILES string of the molecule is Cc1cccc(C)c1-c1nnc(CCC(=O)O)o1. The van der Waals surface area contributed by atoms with Crippen molar-refractivity contribution < 1.29 is 14.3 Å². The van der Waals surface area contributed by atoms with E-state index in [0.29, 0.717) is 11.8 Å². The molecule has 0 bridgehead atoms. The van der Waals surface area contributed by atoms with Crippen molar-refractivity contribution in [2.75, 3.05) is 0 Å². The number of aromatic nitrogens is 2. The Kier molecular flexibility index (Phi) is 3.41.